The van der Waals surface area contributed by atoms with Crippen molar-refractivity contribution in [3.8, 4) is 56.8 Å². The summed E-state index contributed by atoms with van der Waals surface area (Å²) < 4.78 is 0. The normalized spacial score (nSPS) is 14.4. The summed E-state index contributed by atoms with van der Waals surface area (Å²) in [5.74, 6) is -0.260. The molecule has 0 aliphatic heterocycles. The van der Waals surface area contributed by atoms with Crippen molar-refractivity contribution >= 4 is 10.8 Å². The highest BCUT2D eigenvalue weighted by molar-refractivity contribution is 6.05. The van der Waals surface area contributed by atoms with Crippen LogP contribution >= 0.6 is 0 Å². The number of benzene rings is 5. The summed E-state index contributed by atoms with van der Waals surface area (Å²) in [7, 11) is 0. The maximum absolute atomic E-state index is 10.9. The van der Waals surface area contributed by atoms with Crippen molar-refractivity contribution in [3.05, 3.63) is 95.6 Å². The van der Waals surface area contributed by atoms with Gasteiger partial charge in [0.1, 0.15) is 34.5 Å². The van der Waals surface area contributed by atoms with Crippen molar-refractivity contribution in [2.24, 2.45) is 0 Å². The Morgan fingerprint density at radius 2 is 1.19 bits per heavy atom. The van der Waals surface area contributed by atoms with E-state index in [0.717, 1.165) is 27.6 Å². The van der Waals surface area contributed by atoms with Gasteiger partial charge in [0.15, 0.2) is 0 Å². The molecule has 5 aromatic rings. The quantitative estimate of drug-likeness (QED) is 0.182. The average molecular weight is 479 g/mol. The highest BCUT2D eigenvalue weighted by atomic mass is 16.3. The molecule has 36 heavy (non-hydrogen) atoms. The number of phenolic OH excluding ortho intramolecular Hbond substituents is 6. The molecule has 5 aromatic carbocycles. The Kier molecular flexibility index (Phi) is 4.73. The van der Waals surface area contributed by atoms with Gasteiger partial charge in [0.05, 0.1) is 0 Å². The van der Waals surface area contributed by atoms with Crippen LogP contribution in [0.1, 0.15) is 22.6 Å². The Balaban J connectivity index is 1.75. The largest absolute Gasteiger partial charge is 0.508 e. The zero-order valence-corrected chi connectivity index (χ0v) is 19.0. The second-order valence-corrected chi connectivity index (χ2v) is 9.20. The molecule has 1 unspecified atom stereocenters. The molecule has 1 atom stereocenters. The molecule has 6 nitrogen and oxygen atoms in total. The van der Waals surface area contributed by atoms with Gasteiger partial charge in [-0.2, -0.15) is 0 Å². The molecule has 0 spiro atoms. The van der Waals surface area contributed by atoms with E-state index in [1.165, 1.54) is 24.3 Å². The van der Waals surface area contributed by atoms with Gasteiger partial charge in [-0.05, 0) is 99.1 Å². The highest BCUT2D eigenvalue weighted by Crippen LogP contribution is 2.52. The van der Waals surface area contributed by atoms with Gasteiger partial charge in [0, 0.05) is 23.6 Å². The summed E-state index contributed by atoms with van der Waals surface area (Å²) in [5.41, 5.74) is 5.16. The Morgan fingerprint density at radius 1 is 0.528 bits per heavy atom. The summed E-state index contributed by atoms with van der Waals surface area (Å²) >= 11 is 0. The molecule has 1 aliphatic rings. The lowest BCUT2D eigenvalue weighted by Gasteiger charge is -2.31. The minimum absolute atomic E-state index is 0.0389. The van der Waals surface area contributed by atoms with E-state index >= 15 is 0 Å². The number of fused-ring (bicyclic) bond motifs is 5. The Hall–Kier alpha value is -4.84. The van der Waals surface area contributed by atoms with Gasteiger partial charge in [-0.3, -0.25) is 0 Å². The molecule has 0 fully saturated rings. The van der Waals surface area contributed by atoms with E-state index in [9.17, 15) is 30.6 Å². The van der Waals surface area contributed by atoms with Crippen LogP contribution in [0, 0.1) is 0 Å². The van der Waals surface area contributed by atoms with Gasteiger partial charge in [-0.1, -0.05) is 18.2 Å². The third-order valence-electron chi connectivity index (χ3n) is 6.90. The molecule has 178 valence electrons. The first-order valence-corrected chi connectivity index (χ1v) is 11.5. The molecule has 6 N–H and O–H groups in total. The van der Waals surface area contributed by atoms with Gasteiger partial charge in [-0.25, -0.2) is 0 Å². The van der Waals surface area contributed by atoms with E-state index in [1.54, 1.807) is 30.3 Å². The second-order valence-electron chi connectivity index (χ2n) is 9.20. The van der Waals surface area contributed by atoms with Gasteiger partial charge < -0.3 is 30.6 Å². The number of aromatic hydroxyl groups is 6. The zero-order valence-electron chi connectivity index (χ0n) is 19.0. The summed E-state index contributed by atoms with van der Waals surface area (Å²) in [6, 6.07) is 21.2. The van der Waals surface area contributed by atoms with Crippen molar-refractivity contribution in [1.82, 2.24) is 0 Å². The molecule has 1 aliphatic carbocycles. The summed E-state index contributed by atoms with van der Waals surface area (Å²) in [5, 5.41) is 63.3. The topological polar surface area (TPSA) is 121 Å². The fourth-order valence-corrected chi connectivity index (χ4v) is 5.46. The second kappa shape index (κ2) is 7.85. The number of rotatable bonds is 2. The summed E-state index contributed by atoms with van der Waals surface area (Å²) in [4.78, 5) is 0. The molecular formula is C30H22O6. The number of hydrogen-bond donors (Lipinski definition) is 6. The van der Waals surface area contributed by atoms with Crippen molar-refractivity contribution in [2.45, 2.75) is 12.3 Å². The number of phenols is 6. The van der Waals surface area contributed by atoms with Crippen LogP contribution in [0.4, 0.5) is 0 Å². The fraction of sp³-hybridized carbons (Fsp3) is 0.0667. The van der Waals surface area contributed by atoms with Gasteiger partial charge in [0.25, 0.3) is 0 Å². The first-order chi connectivity index (χ1) is 17.3. The fourth-order valence-electron chi connectivity index (χ4n) is 5.46. The van der Waals surface area contributed by atoms with E-state index in [2.05, 4.69) is 0 Å². The minimum Gasteiger partial charge on any atom is -0.508 e. The van der Waals surface area contributed by atoms with Crippen molar-refractivity contribution in [1.29, 1.82) is 0 Å². The van der Waals surface area contributed by atoms with Crippen LogP contribution in [0.25, 0.3) is 33.0 Å². The molecule has 0 heterocycles. The lowest BCUT2D eigenvalue weighted by molar-refractivity contribution is 0.449. The maximum atomic E-state index is 10.9. The molecule has 0 amide bonds. The van der Waals surface area contributed by atoms with Crippen LogP contribution in [0.15, 0.2) is 78.9 Å². The predicted octanol–water partition coefficient (Wildman–Crippen LogP) is 6.10. The molecule has 0 saturated heterocycles. The lowest BCUT2D eigenvalue weighted by Crippen LogP contribution is -2.14. The van der Waals surface area contributed by atoms with E-state index in [0.29, 0.717) is 28.5 Å². The van der Waals surface area contributed by atoms with Gasteiger partial charge >= 0.3 is 0 Å². The van der Waals surface area contributed by atoms with Crippen LogP contribution in [-0.4, -0.2) is 30.6 Å². The molecular weight excluding hydrogens is 456 g/mol. The van der Waals surface area contributed by atoms with Crippen LogP contribution in [0.3, 0.4) is 0 Å². The lowest BCUT2D eigenvalue weighted by atomic mass is 9.72. The average Bonchev–Trinajstić information content (AvgIpc) is 2.82. The van der Waals surface area contributed by atoms with Crippen LogP contribution < -0.4 is 0 Å². The summed E-state index contributed by atoms with van der Waals surface area (Å²) in [6.45, 7) is 0. The smallest absolute Gasteiger partial charge is 0.127 e. The molecule has 0 radical (unpaired) electrons. The van der Waals surface area contributed by atoms with Crippen molar-refractivity contribution < 1.29 is 30.6 Å². The van der Waals surface area contributed by atoms with E-state index < -0.39 is 0 Å². The monoisotopic (exact) mass is 478 g/mol. The molecule has 0 bridgehead atoms. The van der Waals surface area contributed by atoms with Crippen molar-refractivity contribution in [3.63, 3.8) is 0 Å². The van der Waals surface area contributed by atoms with Crippen molar-refractivity contribution in [2.75, 3.05) is 0 Å². The summed E-state index contributed by atoms with van der Waals surface area (Å²) in [6.07, 6.45) is 0.497. The van der Waals surface area contributed by atoms with Gasteiger partial charge in [0.2, 0.25) is 0 Å². The van der Waals surface area contributed by atoms with E-state index in [1.807, 2.05) is 24.3 Å². The molecule has 0 saturated carbocycles. The third kappa shape index (κ3) is 3.43. The minimum atomic E-state index is -0.173. The Bertz CT molecular complexity index is 1650. The highest BCUT2D eigenvalue weighted by Gasteiger charge is 2.31. The first-order valence-electron chi connectivity index (χ1n) is 11.5. The number of hydrogen-bond acceptors (Lipinski definition) is 6. The third-order valence-corrected chi connectivity index (χ3v) is 6.90. The first kappa shape index (κ1) is 21.7. The standard InChI is InChI=1S/C30H22O6/c31-18-3-1-15(2-4-18)25-10-17-9-22(35)13-28(36)29(17)27-14-24(16-7-20(33)11-21(34)8-16)26-12-19(32)5-6-23(26)30(25)27/h1-9,11-14,25,31-36H,10H2. The van der Waals surface area contributed by atoms with Gasteiger partial charge in [-0.15, -0.1) is 0 Å². The Morgan fingerprint density at radius 3 is 1.92 bits per heavy atom. The zero-order chi connectivity index (χ0) is 25.1. The SMILES string of the molecule is Oc1ccc(C2Cc3cc(O)cc(O)c3-c3cc(-c4cc(O)cc(O)c4)c4cc(O)ccc4c32)cc1. The maximum Gasteiger partial charge on any atom is 0.127 e. The Labute approximate surface area is 206 Å². The van der Waals surface area contributed by atoms with Crippen LogP contribution in [0.5, 0.6) is 34.5 Å². The van der Waals surface area contributed by atoms with E-state index in [4.69, 9.17) is 0 Å². The predicted molar refractivity (Wildman–Crippen MR) is 137 cm³/mol. The van der Waals surface area contributed by atoms with Crippen LogP contribution in [0.2, 0.25) is 0 Å². The molecule has 6 rings (SSSR count). The molecule has 6 heteroatoms. The van der Waals surface area contributed by atoms with Crippen LogP contribution in [-0.2, 0) is 6.42 Å². The van der Waals surface area contributed by atoms with E-state index in [-0.39, 0.29) is 40.4 Å². The molecule has 0 aromatic heterocycles.